The summed E-state index contributed by atoms with van der Waals surface area (Å²) in [6.45, 7) is 2.33. The number of benzene rings is 1. The maximum atomic E-state index is 12.3. The molecular weight excluding hydrogens is 318 g/mol. The molecule has 2 amide bonds. The monoisotopic (exact) mass is 343 g/mol. The average Bonchev–Trinajstić information content (AvgIpc) is 3.24. The minimum atomic E-state index is -0.167. The van der Waals surface area contributed by atoms with Gasteiger partial charge >= 0.3 is 0 Å². The number of likely N-dealkylation sites (N-methyl/N-ethyl adjacent to an activating group) is 1. The van der Waals surface area contributed by atoms with E-state index >= 15 is 0 Å². The van der Waals surface area contributed by atoms with Crippen LogP contribution in [0.15, 0.2) is 24.3 Å². The molecule has 25 heavy (non-hydrogen) atoms. The van der Waals surface area contributed by atoms with Crippen molar-refractivity contribution >= 4 is 22.7 Å². The highest BCUT2D eigenvalue weighted by Crippen LogP contribution is 2.19. The van der Waals surface area contributed by atoms with Gasteiger partial charge in [0.1, 0.15) is 0 Å². The fourth-order valence-corrected chi connectivity index (χ4v) is 3.38. The summed E-state index contributed by atoms with van der Waals surface area (Å²) in [6, 6.07) is 7.57. The number of para-hydroxylation sites is 1. The lowest BCUT2D eigenvalue weighted by Crippen LogP contribution is -2.43. The van der Waals surface area contributed by atoms with Crippen molar-refractivity contribution in [2.75, 3.05) is 33.7 Å². The first-order chi connectivity index (χ1) is 12.1. The summed E-state index contributed by atoms with van der Waals surface area (Å²) < 4.78 is 0. The van der Waals surface area contributed by atoms with Gasteiger partial charge < -0.3 is 10.2 Å². The molecule has 7 nitrogen and oxygen atoms in total. The third-order valence-corrected chi connectivity index (χ3v) is 4.68. The number of nitrogens with one attached hydrogen (secondary N) is 2. The molecule has 2 aromatic rings. The number of fused-ring (bicyclic) bond motifs is 1. The van der Waals surface area contributed by atoms with Gasteiger partial charge in [-0.1, -0.05) is 18.2 Å². The third-order valence-electron chi connectivity index (χ3n) is 4.68. The first-order valence-electron chi connectivity index (χ1n) is 8.74. The van der Waals surface area contributed by atoms with Gasteiger partial charge in [0.25, 0.3) is 5.91 Å². The molecule has 1 aromatic carbocycles. The van der Waals surface area contributed by atoms with E-state index in [1.54, 1.807) is 19.0 Å². The Morgan fingerprint density at radius 3 is 2.96 bits per heavy atom. The number of carbonyl (C=O) groups excluding carboxylic acids is 2. The second-order valence-corrected chi connectivity index (χ2v) is 6.65. The molecule has 1 atom stereocenters. The summed E-state index contributed by atoms with van der Waals surface area (Å²) in [6.07, 6.45) is 2.78. The predicted molar refractivity (Wildman–Crippen MR) is 96.3 cm³/mol. The van der Waals surface area contributed by atoms with Gasteiger partial charge in [-0.15, -0.1) is 0 Å². The molecule has 0 aliphatic carbocycles. The van der Waals surface area contributed by atoms with Gasteiger partial charge in [0.2, 0.25) is 5.91 Å². The lowest BCUT2D eigenvalue weighted by Gasteiger charge is -2.25. The van der Waals surface area contributed by atoms with Gasteiger partial charge in [-0.25, -0.2) is 0 Å². The van der Waals surface area contributed by atoms with Crippen LogP contribution in [0.4, 0.5) is 0 Å². The van der Waals surface area contributed by atoms with E-state index in [0.717, 1.165) is 43.3 Å². The molecule has 0 saturated carbocycles. The topological polar surface area (TPSA) is 81.3 Å². The Morgan fingerprint density at radius 2 is 2.16 bits per heavy atom. The van der Waals surface area contributed by atoms with Gasteiger partial charge in [0, 0.05) is 32.6 Å². The number of hydrogen-bond donors (Lipinski definition) is 2. The smallest absolute Gasteiger partial charge is 0.272 e. The zero-order valence-electron chi connectivity index (χ0n) is 14.8. The van der Waals surface area contributed by atoms with Crippen molar-refractivity contribution in [3.8, 4) is 0 Å². The third kappa shape index (κ3) is 3.82. The van der Waals surface area contributed by atoms with Crippen LogP contribution in [-0.2, 0) is 4.79 Å². The van der Waals surface area contributed by atoms with Gasteiger partial charge in [0.05, 0.1) is 11.6 Å². The van der Waals surface area contributed by atoms with Crippen molar-refractivity contribution in [3.63, 3.8) is 0 Å². The molecular formula is C18H25N5O2. The normalized spacial score (nSPS) is 17.8. The molecule has 7 heteroatoms. The second kappa shape index (κ2) is 7.65. The number of hydrogen-bond acceptors (Lipinski definition) is 4. The van der Waals surface area contributed by atoms with Crippen LogP contribution in [0.5, 0.6) is 0 Å². The molecule has 1 fully saturated rings. The molecule has 1 saturated heterocycles. The molecule has 0 radical (unpaired) electrons. The number of rotatable bonds is 6. The lowest BCUT2D eigenvalue weighted by atomic mass is 10.2. The van der Waals surface area contributed by atoms with E-state index < -0.39 is 0 Å². The van der Waals surface area contributed by atoms with Gasteiger partial charge in [-0.2, -0.15) is 5.10 Å². The van der Waals surface area contributed by atoms with Crippen molar-refractivity contribution in [2.24, 2.45) is 0 Å². The summed E-state index contributed by atoms with van der Waals surface area (Å²) >= 11 is 0. The summed E-state index contributed by atoms with van der Waals surface area (Å²) in [5.41, 5.74) is 1.28. The quantitative estimate of drug-likeness (QED) is 0.773. The van der Waals surface area contributed by atoms with Crippen LogP contribution < -0.4 is 5.32 Å². The lowest BCUT2D eigenvalue weighted by molar-refractivity contribution is -0.133. The molecule has 2 N–H and O–H groups in total. The van der Waals surface area contributed by atoms with E-state index in [1.165, 1.54) is 0 Å². The fraction of sp³-hybridized carbons (Fsp3) is 0.500. The number of aromatic nitrogens is 2. The maximum absolute atomic E-state index is 12.3. The minimum absolute atomic E-state index is 0.0130. The Balaban J connectivity index is 1.48. The molecule has 134 valence electrons. The van der Waals surface area contributed by atoms with E-state index in [4.69, 9.17) is 0 Å². The number of carbonyl (C=O) groups is 2. The van der Waals surface area contributed by atoms with Crippen molar-refractivity contribution in [3.05, 3.63) is 30.0 Å². The summed E-state index contributed by atoms with van der Waals surface area (Å²) in [5.74, 6) is 0.00400. The summed E-state index contributed by atoms with van der Waals surface area (Å²) in [7, 11) is 3.60. The molecule has 1 aromatic heterocycles. The molecule has 1 aliphatic heterocycles. The zero-order chi connectivity index (χ0) is 17.8. The van der Waals surface area contributed by atoms with Crippen molar-refractivity contribution in [2.45, 2.75) is 25.3 Å². The van der Waals surface area contributed by atoms with Crippen molar-refractivity contribution in [1.82, 2.24) is 25.3 Å². The Hall–Kier alpha value is -2.41. The number of likely N-dealkylation sites (tertiary alicyclic amines) is 1. The summed E-state index contributed by atoms with van der Waals surface area (Å²) in [4.78, 5) is 28.4. The maximum Gasteiger partial charge on any atom is 0.272 e. The Morgan fingerprint density at radius 1 is 1.36 bits per heavy atom. The average molecular weight is 343 g/mol. The standard InChI is InChI=1S/C18H25N5O2/c1-22(2)18(25)15-9-5-11-23(15)12-6-10-19-17(24)16-13-7-3-4-8-14(13)20-21-16/h3-4,7-8,15H,5-6,9-12H2,1-2H3,(H,19,24)(H,20,21)/t15-/m0/s1. The number of H-pyrrole nitrogens is 1. The first kappa shape index (κ1) is 17.4. The van der Waals surface area contributed by atoms with Gasteiger partial charge in [0.15, 0.2) is 5.69 Å². The van der Waals surface area contributed by atoms with E-state index in [1.807, 2.05) is 24.3 Å². The first-order valence-corrected chi connectivity index (χ1v) is 8.74. The number of amides is 2. The number of nitrogens with zero attached hydrogens (tertiary/aromatic N) is 3. The van der Waals surface area contributed by atoms with Crippen LogP contribution in [0.1, 0.15) is 29.8 Å². The molecule has 0 unspecified atom stereocenters. The highest BCUT2D eigenvalue weighted by molar-refractivity contribution is 6.04. The molecule has 2 heterocycles. The van der Waals surface area contributed by atoms with E-state index in [9.17, 15) is 9.59 Å². The highest BCUT2D eigenvalue weighted by Gasteiger charge is 2.31. The minimum Gasteiger partial charge on any atom is -0.351 e. The predicted octanol–water partition coefficient (Wildman–Crippen LogP) is 1.24. The Bertz CT molecular complexity index is 755. The fourth-order valence-electron chi connectivity index (χ4n) is 3.38. The van der Waals surface area contributed by atoms with Gasteiger partial charge in [-0.3, -0.25) is 19.6 Å². The molecule has 3 rings (SSSR count). The SMILES string of the molecule is CN(C)C(=O)[C@@H]1CCCN1CCCNC(=O)c1n[nH]c2ccccc12. The van der Waals surface area contributed by atoms with Crippen LogP contribution in [0.3, 0.4) is 0 Å². The zero-order valence-corrected chi connectivity index (χ0v) is 14.8. The van der Waals surface area contributed by atoms with Crippen LogP contribution in [-0.4, -0.2) is 71.6 Å². The van der Waals surface area contributed by atoms with Crippen LogP contribution in [0.25, 0.3) is 10.9 Å². The Labute approximate surface area is 147 Å². The largest absolute Gasteiger partial charge is 0.351 e. The Kier molecular flexibility index (Phi) is 5.33. The van der Waals surface area contributed by atoms with E-state index in [0.29, 0.717) is 12.2 Å². The molecule has 0 spiro atoms. The van der Waals surface area contributed by atoms with Crippen molar-refractivity contribution < 1.29 is 9.59 Å². The molecule has 1 aliphatic rings. The highest BCUT2D eigenvalue weighted by atomic mass is 16.2. The number of aromatic amines is 1. The van der Waals surface area contributed by atoms with Crippen LogP contribution in [0.2, 0.25) is 0 Å². The van der Waals surface area contributed by atoms with E-state index in [2.05, 4.69) is 20.4 Å². The van der Waals surface area contributed by atoms with E-state index in [-0.39, 0.29) is 17.9 Å². The molecule has 0 bridgehead atoms. The second-order valence-electron chi connectivity index (χ2n) is 6.65. The van der Waals surface area contributed by atoms with Crippen LogP contribution in [0, 0.1) is 0 Å². The van der Waals surface area contributed by atoms with Crippen LogP contribution >= 0.6 is 0 Å². The summed E-state index contributed by atoms with van der Waals surface area (Å²) in [5, 5.41) is 10.7. The van der Waals surface area contributed by atoms with Gasteiger partial charge in [-0.05, 0) is 31.9 Å². The van der Waals surface area contributed by atoms with Crippen molar-refractivity contribution in [1.29, 1.82) is 0 Å².